The molecule has 2 aliphatic rings. The lowest BCUT2D eigenvalue weighted by Gasteiger charge is -2.40. The molecule has 35 heavy (non-hydrogen) atoms. The Kier molecular flexibility index (Phi) is 7.56. The quantitative estimate of drug-likeness (QED) is 0.569. The first kappa shape index (κ1) is 25.3. The maximum Gasteiger partial charge on any atom is 0.248 e. The van der Waals surface area contributed by atoms with Crippen LogP contribution in [0.4, 0.5) is 4.39 Å². The van der Waals surface area contributed by atoms with E-state index >= 15 is 0 Å². The molecule has 188 valence electrons. The van der Waals surface area contributed by atoms with Gasteiger partial charge in [-0.2, -0.15) is 0 Å². The van der Waals surface area contributed by atoms with Gasteiger partial charge in [0.25, 0.3) is 0 Å². The van der Waals surface area contributed by atoms with Crippen molar-refractivity contribution in [3.63, 3.8) is 0 Å². The molecule has 2 N–H and O–H groups in total. The molecule has 0 saturated carbocycles. The summed E-state index contributed by atoms with van der Waals surface area (Å²) < 4.78 is 37.2. The van der Waals surface area contributed by atoms with Gasteiger partial charge < -0.3 is 10.6 Å². The van der Waals surface area contributed by atoms with Crippen LogP contribution in [0.5, 0.6) is 0 Å². The molecule has 2 heterocycles. The highest BCUT2D eigenvalue weighted by Crippen LogP contribution is 2.43. The Balaban J connectivity index is 1.44. The fourth-order valence-corrected chi connectivity index (χ4v) is 6.19. The number of benzene rings is 2. The van der Waals surface area contributed by atoms with Crippen molar-refractivity contribution in [3.05, 3.63) is 71.0 Å². The minimum absolute atomic E-state index is 0.165. The summed E-state index contributed by atoms with van der Waals surface area (Å²) in [4.78, 5) is 28.4. The lowest BCUT2D eigenvalue weighted by molar-refractivity contribution is -0.129. The van der Waals surface area contributed by atoms with Gasteiger partial charge in [-0.15, -0.1) is 0 Å². The Bertz CT molecular complexity index is 1190. The van der Waals surface area contributed by atoms with Crippen molar-refractivity contribution in [3.8, 4) is 0 Å². The molecule has 2 aliphatic heterocycles. The fourth-order valence-electron chi connectivity index (χ4n) is 5.56. The summed E-state index contributed by atoms with van der Waals surface area (Å²) in [6, 6.07) is 14.3. The van der Waals surface area contributed by atoms with Crippen molar-refractivity contribution in [1.29, 1.82) is 0 Å². The van der Waals surface area contributed by atoms with E-state index in [9.17, 15) is 22.4 Å². The van der Waals surface area contributed by atoms with E-state index < -0.39 is 33.2 Å². The number of fused-ring (bicyclic) bond motifs is 2. The second-order valence-corrected chi connectivity index (χ2v) is 11.9. The number of amides is 2. The third-order valence-corrected chi connectivity index (χ3v) is 7.93. The van der Waals surface area contributed by atoms with E-state index in [1.165, 1.54) is 17.0 Å². The molecule has 0 aromatic heterocycles. The standard InChI is InChI=1S/C26H32FN3O4S/c1-35(33,34)17-25(31)29(16-18-4-2-7-22(27)12-18)10-11-30-23-8-9-24(30)15-21(14-23)19-5-3-6-20(13-19)26(28)32/h2-7,12-13,21,23-24H,8-11,14-17H2,1H3,(H2,28,32)/t21?,23-,24+. The molecule has 4 rings (SSSR count). The van der Waals surface area contributed by atoms with Crippen LogP contribution in [0.25, 0.3) is 0 Å². The van der Waals surface area contributed by atoms with Crippen molar-refractivity contribution in [1.82, 2.24) is 9.80 Å². The minimum atomic E-state index is -3.48. The number of nitrogens with two attached hydrogens (primary N) is 1. The highest BCUT2D eigenvalue weighted by Gasteiger charge is 2.41. The molecule has 2 fully saturated rings. The number of halogens is 1. The van der Waals surface area contributed by atoms with E-state index in [1.54, 1.807) is 18.2 Å². The molecular weight excluding hydrogens is 469 g/mol. The van der Waals surface area contributed by atoms with Crippen molar-refractivity contribution < 1.29 is 22.4 Å². The molecular formula is C26H32FN3O4S. The smallest absolute Gasteiger partial charge is 0.248 e. The van der Waals surface area contributed by atoms with Gasteiger partial charge in [0.15, 0.2) is 9.84 Å². The number of carbonyl (C=O) groups excluding carboxylic acids is 2. The molecule has 2 saturated heterocycles. The van der Waals surface area contributed by atoms with Crippen LogP contribution in [0, 0.1) is 5.82 Å². The van der Waals surface area contributed by atoms with Gasteiger partial charge in [-0.05, 0) is 67.0 Å². The van der Waals surface area contributed by atoms with E-state index in [4.69, 9.17) is 5.73 Å². The highest BCUT2D eigenvalue weighted by molar-refractivity contribution is 7.91. The monoisotopic (exact) mass is 501 g/mol. The van der Waals surface area contributed by atoms with Crippen LogP contribution < -0.4 is 5.73 Å². The van der Waals surface area contributed by atoms with Crippen LogP contribution in [0.3, 0.4) is 0 Å². The van der Waals surface area contributed by atoms with E-state index in [1.807, 2.05) is 12.1 Å². The Labute approximate surface area is 206 Å². The van der Waals surface area contributed by atoms with Gasteiger partial charge in [0.1, 0.15) is 11.6 Å². The number of rotatable bonds is 9. The molecule has 0 aliphatic carbocycles. The summed E-state index contributed by atoms with van der Waals surface area (Å²) in [7, 11) is -3.48. The van der Waals surface area contributed by atoms with E-state index in [0.717, 1.165) is 37.5 Å². The van der Waals surface area contributed by atoms with Gasteiger partial charge in [0, 0.05) is 43.5 Å². The molecule has 3 atom stereocenters. The number of nitrogens with zero attached hydrogens (tertiary/aromatic N) is 2. The largest absolute Gasteiger partial charge is 0.366 e. The molecule has 2 aromatic rings. The molecule has 0 spiro atoms. The Morgan fingerprint density at radius 1 is 1.09 bits per heavy atom. The van der Waals surface area contributed by atoms with Crippen molar-refractivity contribution in [2.75, 3.05) is 25.1 Å². The topological polar surface area (TPSA) is 101 Å². The van der Waals surface area contributed by atoms with Gasteiger partial charge in [-0.25, -0.2) is 12.8 Å². The summed E-state index contributed by atoms with van der Waals surface area (Å²) >= 11 is 0. The summed E-state index contributed by atoms with van der Waals surface area (Å²) in [5.41, 5.74) is 7.74. The molecule has 0 radical (unpaired) electrons. The zero-order valence-electron chi connectivity index (χ0n) is 19.9. The van der Waals surface area contributed by atoms with Crippen LogP contribution in [0.2, 0.25) is 0 Å². The van der Waals surface area contributed by atoms with Crippen LogP contribution >= 0.6 is 0 Å². The van der Waals surface area contributed by atoms with Gasteiger partial charge in [0.05, 0.1) is 0 Å². The highest BCUT2D eigenvalue weighted by atomic mass is 32.2. The summed E-state index contributed by atoms with van der Waals surface area (Å²) in [6.45, 7) is 1.17. The first-order valence-corrected chi connectivity index (χ1v) is 14.0. The molecule has 2 aromatic carbocycles. The van der Waals surface area contributed by atoms with Crippen molar-refractivity contribution >= 4 is 21.7 Å². The van der Waals surface area contributed by atoms with Crippen molar-refractivity contribution in [2.24, 2.45) is 5.73 Å². The predicted molar refractivity (Wildman–Crippen MR) is 132 cm³/mol. The van der Waals surface area contributed by atoms with Gasteiger partial charge in [-0.3, -0.25) is 14.5 Å². The van der Waals surface area contributed by atoms with Crippen molar-refractivity contribution in [2.45, 2.75) is 50.2 Å². The number of primary amides is 1. The number of hydrogen-bond donors (Lipinski definition) is 1. The van der Waals surface area contributed by atoms with Crippen LogP contribution in [-0.4, -0.2) is 67.2 Å². The molecule has 9 heteroatoms. The Morgan fingerprint density at radius 3 is 2.40 bits per heavy atom. The summed E-state index contributed by atoms with van der Waals surface area (Å²) in [5.74, 6) is -1.50. The van der Waals surface area contributed by atoms with E-state index in [-0.39, 0.29) is 6.54 Å². The normalized spacial score (nSPS) is 22.2. The van der Waals surface area contributed by atoms with Crippen LogP contribution in [0.15, 0.2) is 48.5 Å². The minimum Gasteiger partial charge on any atom is -0.366 e. The van der Waals surface area contributed by atoms with E-state index in [2.05, 4.69) is 11.0 Å². The Hall–Kier alpha value is -2.78. The second-order valence-electron chi connectivity index (χ2n) is 9.80. The average Bonchev–Trinajstić information content (AvgIpc) is 3.02. The van der Waals surface area contributed by atoms with Gasteiger partial charge in [-0.1, -0.05) is 24.3 Å². The summed E-state index contributed by atoms with van der Waals surface area (Å²) in [5, 5.41) is 0. The first-order valence-electron chi connectivity index (χ1n) is 11.9. The lowest BCUT2D eigenvalue weighted by atomic mass is 9.84. The number of hydrogen-bond acceptors (Lipinski definition) is 5. The summed E-state index contributed by atoms with van der Waals surface area (Å²) in [6.07, 6.45) is 5.10. The van der Waals surface area contributed by atoms with Crippen LogP contribution in [0.1, 0.15) is 53.1 Å². The molecule has 7 nitrogen and oxygen atoms in total. The zero-order chi connectivity index (χ0) is 25.2. The molecule has 2 bridgehead atoms. The first-order chi connectivity index (χ1) is 16.6. The number of sulfone groups is 1. The second kappa shape index (κ2) is 10.5. The van der Waals surface area contributed by atoms with Gasteiger partial charge in [0.2, 0.25) is 11.8 Å². The SMILES string of the molecule is CS(=O)(=O)CC(=O)N(CCN1[C@@H]2CC[C@H]1CC(c1cccc(C(N)=O)c1)C2)Cc1cccc(F)c1. The maximum absolute atomic E-state index is 13.7. The third-order valence-electron chi connectivity index (χ3n) is 7.16. The average molecular weight is 502 g/mol. The number of carbonyl (C=O) groups is 2. The van der Waals surface area contributed by atoms with E-state index in [0.29, 0.717) is 42.2 Å². The molecule has 2 amide bonds. The molecule has 1 unspecified atom stereocenters. The third kappa shape index (κ3) is 6.46. The number of piperidine rings is 1. The van der Waals surface area contributed by atoms with Crippen LogP contribution in [-0.2, 0) is 21.2 Å². The predicted octanol–water partition coefficient (Wildman–Crippen LogP) is 2.71. The Morgan fingerprint density at radius 2 is 1.77 bits per heavy atom. The maximum atomic E-state index is 13.7. The zero-order valence-corrected chi connectivity index (χ0v) is 20.7. The van der Waals surface area contributed by atoms with Gasteiger partial charge >= 0.3 is 0 Å². The fraction of sp³-hybridized carbons (Fsp3) is 0.462. The lowest BCUT2D eigenvalue weighted by Crippen LogP contribution is -2.47.